The van der Waals surface area contributed by atoms with Gasteiger partial charge in [-0.15, -0.1) is 0 Å². The first kappa shape index (κ1) is 21.2. The molecule has 9 heteroatoms. The third kappa shape index (κ3) is 5.09. The van der Waals surface area contributed by atoms with Gasteiger partial charge in [-0.25, -0.2) is 0 Å². The summed E-state index contributed by atoms with van der Waals surface area (Å²) >= 11 is 6.19. The van der Waals surface area contributed by atoms with E-state index in [2.05, 4.69) is 16.0 Å². The number of aromatic nitrogens is 1. The first-order valence-corrected chi connectivity index (χ1v) is 9.44. The van der Waals surface area contributed by atoms with Gasteiger partial charge in [0.1, 0.15) is 28.5 Å². The number of nitrogens with zero attached hydrogens (tertiary/aromatic N) is 1. The van der Waals surface area contributed by atoms with Gasteiger partial charge in [0.2, 0.25) is 5.91 Å². The molecule has 3 rings (SSSR count). The maximum Gasteiger partial charge on any atom is 0.275 e. The summed E-state index contributed by atoms with van der Waals surface area (Å²) in [6.07, 6.45) is 0.0479. The Kier molecular flexibility index (Phi) is 6.92. The molecule has 3 aromatic rings. The third-order valence-electron chi connectivity index (χ3n) is 4.19. The molecule has 0 fully saturated rings. The second-order valence-electron chi connectivity index (χ2n) is 6.22. The molecule has 8 nitrogen and oxygen atoms in total. The van der Waals surface area contributed by atoms with Crippen LogP contribution in [0.2, 0.25) is 5.02 Å². The minimum atomic E-state index is -0.562. The number of halogens is 1. The number of carbonyl (C=O) groups excluding carboxylic acids is 2. The van der Waals surface area contributed by atoms with Crippen LogP contribution in [-0.2, 0) is 4.79 Å². The summed E-state index contributed by atoms with van der Waals surface area (Å²) in [7, 11) is 1.58. The van der Waals surface area contributed by atoms with Crippen LogP contribution in [0.5, 0.6) is 11.5 Å². The number of carbonyl (C=O) groups is 2. The molecule has 0 unspecified atom stereocenters. The average molecular weight is 430 g/mol. The minimum Gasteiger partial charge on any atom is -0.497 e. The van der Waals surface area contributed by atoms with Gasteiger partial charge in [0.25, 0.3) is 5.91 Å². The van der Waals surface area contributed by atoms with E-state index in [1.165, 1.54) is 0 Å². The summed E-state index contributed by atoms with van der Waals surface area (Å²) in [4.78, 5) is 24.6. The van der Waals surface area contributed by atoms with Crippen molar-refractivity contribution in [3.05, 3.63) is 64.9 Å². The van der Waals surface area contributed by atoms with Crippen molar-refractivity contribution >= 4 is 23.4 Å². The van der Waals surface area contributed by atoms with Crippen molar-refractivity contribution in [2.24, 2.45) is 0 Å². The van der Waals surface area contributed by atoms with Crippen LogP contribution in [0.3, 0.4) is 0 Å². The molecule has 156 valence electrons. The van der Waals surface area contributed by atoms with Crippen molar-refractivity contribution in [1.29, 1.82) is 0 Å². The van der Waals surface area contributed by atoms with Crippen LogP contribution in [0.4, 0.5) is 0 Å². The van der Waals surface area contributed by atoms with Gasteiger partial charge < -0.3 is 14.0 Å². The van der Waals surface area contributed by atoms with Crippen molar-refractivity contribution in [2.75, 3.05) is 13.7 Å². The Morgan fingerprint density at radius 1 is 1.07 bits per heavy atom. The summed E-state index contributed by atoms with van der Waals surface area (Å²) in [6.45, 7) is 1.75. The molecule has 30 heavy (non-hydrogen) atoms. The van der Waals surface area contributed by atoms with Gasteiger partial charge in [0.05, 0.1) is 25.2 Å². The van der Waals surface area contributed by atoms with Gasteiger partial charge in [-0.2, -0.15) is 0 Å². The van der Waals surface area contributed by atoms with Gasteiger partial charge >= 0.3 is 0 Å². The SMILES string of the molecule is COc1ccc(OCCC(=O)NNC(=O)c2c(-c3ccccc3Cl)noc2C)cc1. The van der Waals surface area contributed by atoms with E-state index >= 15 is 0 Å². The fourth-order valence-electron chi connectivity index (χ4n) is 2.66. The maximum absolute atomic E-state index is 12.6. The highest BCUT2D eigenvalue weighted by Gasteiger charge is 2.23. The van der Waals surface area contributed by atoms with Crippen LogP contribution in [0.1, 0.15) is 22.5 Å². The summed E-state index contributed by atoms with van der Waals surface area (Å²) < 4.78 is 15.7. The molecule has 0 radical (unpaired) electrons. The van der Waals surface area contributed by atoms with Gasteiger partial charge in [-0.1, -0.05) is 35.0 Å². The Hall–Kier alpha value is -3.52. The molecule has 0 spiro atoms. The molecule has 0 aliphatic carbocycles. The first-order chi connectivity index (χ1) is 14.5. The number of hydrogen-bond acceptors (Lipinski definition) is 6. The van der Waals surface area contributed by atoms with Gasteiger partial charge in [-0.05, 0) is 37.3 Å². The van der Waals surface area contributed by atoms with Gasteiger partial charge in [0, 0.05) is 5.56 Å². The van der Waals surface area contributed by atoms with Crippen LogP contribution in [0.15, 0.2) is 53.1 Å². The topological polar surface area (TPSA) is 103 Å². The molecule has 1 aromatic heterocycles. The molecule has 0 saturated carbocycles. The molecule has 2 aromatic carbocycles. The lowest BCUT2D eigenvalue weighted by molar-refractivity contribution is -0.122. The fourth-order valence-corrected chi connectivity index (χ4v) is 2.89. The van der Waals surface area contributed by atoms with Gasteiger partial charge in [-0.3, -0.25) is 20.4 Å². The Bertz CT molecular complexity index is 1030. The van der Waals surface area contributed by atoms with E-state index in [4.69, 9.17) is 25.6 Å². The van der Waals surface area contributed by atoms with Crippen LogP contribution >= 0.6 is 11.6 Å². The molecule has 0 saturated heterocycles. The van der Waals surface area contributed by atoms with Crippen LogP contribution < -0.4 is 20.3 Å². The van der Waals surface area contributed by atoms with Crippen LogP contribution in [0.25, 0.3) is 11.3 Å². The quantitative estimate of drug-likeness (QED) is 0.557. The van der Waals surface area contributed by atoms with Crippen LogP contribution in [-0.4, -0.2) is 30.7 Å². The Morgan fingerprint density at radius 2 is 1.77 bits per heavy atom. The number of methoxy groups -OCH3 is 1. The number of ether oxygens (including phenoxy) is 2. The lowest BCUT2D eigenvalue weighted by Gasteiger charge is -2.09. The van der Waals surface area contributed by atoms with E-state index in [9.17, 15) is 9.59 Å². The molecule has 0 atom stereocenters. The van der Waals surface area contributed by atoms with E-state index in [-0.39, 0.29) is 18.6 Å². The minimum absolute atomic E-state index is 0.0479. The van der Waals surface area contributed by atoms with E-state index in [1.54, 1.807) is 62.6 Å². The summed E-state index contributed by atoms with van der Waals surface area (Å²) in [5, 5.41) is 4.36. The molecular formula is C21H20ClN3O5. The highest BCUT2D eigenvalue weighted by molar-refractivity contribution is 6.33. The standard InChI is InChI=1S/C21H20ClN3O5/c1-13-19(20(25-30-13)16-5-3-4-6-17(16)22)21(27)24-23-18(26)11-12-29-15-9-7-14(28-2)8-10-15/h3-10H,11-12H2,1-2H3,(H,23,26)(H,24,27). The zero-order valence-electron chi connectivity index (χ0n) is 16.4. The number of amides is 2. The summed E-state index contributed by atoms with van der Waals surface area (Å²) in [6, 6.07) is 14.0. The van der Waals surface area contributed by atoms with E-state index < -0.39 is 11.8 Å². The zero-order valence-corrected chi connectivity index (χ0v) is 17.2. The number of hydrazine groups is 1. The largest absolute Gasteiger partial charge is 0.497 e. The van der Waals surface area contributed by atoms with Gasteiger partial charge in [0.15, 0.2) is 0 Å². The van der Waals surface area contributed by atoms with E-state index in [0.29, 0.717) is 33.5 Å². The maximum atomic E-state index is 12.6. The average Bonchev–Trinajstić information content (AvgIpc) is 3.14. The lowest BCUT2D eigenvalue weighted by Crippen LogP contribution is -2.42. The molecular weight excluding hydrogens is 410 g/mol. The van der Waals surface area contributed by atoms with E-state index in [0.717, 1.165) is 0 Å². The molecule has 0 aliphatic rings. The fraction of sp³-hybridized carbons (Fsp3) is 0.190. The van der Waals surface area contributed by atoms with E-state index in [1.807, 2.05) is 0 Å². The molecule has 0 bridgehead atoms. The second-order valence-corrected chi connectivity index (χ2v) is 6.63. The predicted molar refractivity (Wildman–Crippen MR) is 110 cm³/mol. The molecule has 0 aliphatic heterocycles. The summed E-state index contributed by atoms with van der Waals surface area (Å²) in [5.41, 5.74) is 5.77. The molecule has 2 N–H and O–H groups in total. The number of aryl methyl sites for hydroxylation is 1. The van der Waals surface area contributed by atoms with Crippen molar-refractivity contribution in [3.63, 3.8) is 0 Å². The summed E-state index contributed by atoms with van der Waals surface area (Å²) in [5.74, 6) is 0.651. The third-order valence-corrected chi connectivity index (χ3v) is 4.52. The Balaban J connectivity index is 1.53. The second kappa shape index (κ2) is 9.80. The number of nitrogens with one attached hydrogen (secondary N) is 2. The first-order valence-electron chi connectivity index (χ1n) is 9.06. The van der Waals surface area contributed by atoms with Crippen molar-refractivity contribution in [1.82, 2.24) is 16.0 Å². The Labute approximate surface area is 178 Å². The monoisotopic (exact) mass is 429 g/mol. The number of hydrogen-bond donors (Lipinski definition) is 2. The highest BCUT2D eigenvalue weighted by atomic mass is 35.5. The normalized spacial score (nSPS) is 10.4. The van der Waals surface area contributed by atoms with Crippen LogP contribution in [0, 0.1) is 6.92 Å². The van der Waals surface area contributed by atoms with Crippen molar-refractivity contribution < 1.29 is 23.6 Å². The Morgan fingerprint density at radius 3 is 2.47 bits per heavy atom. The molecule has 2 amide bonds. The number of benzene rings is 2. The smallest absolute Gasteiger partial charge is 0.275 e. The lowest BCUT2D eigenvalue weighted by atomic mass is 10.1. The molecule has 1 heterocycles. The predicted octanol–water partition coefficient (Wildman–Crippen LogP) is 3.54. The highest BCUT2D eigenvalue weighted by Crippen LogP contribution is 2.30. The van der Waals surface area contributed by atoms with Crippen molar-refractivity contribution in [2.45, 2.75) is 13.3 Å². The van der Waals surface area contributed by atoms with Crippen molar-refractivity contribution in [3.8, 4) is 22.8 Å². The number of rotatable bonds is 7. The zero-order chi connectivity index (χ0) is 21.5.